The molecule has 90 valence electrons. The van der Waals surface area contributed by atoms with Crippen molar-refractivity contribution >= 4 is 12.2 Å². The molecule has 7 heteroatoms. The Hall–Kier alpha value is -1.63. The van der Waals surface area contributed by atoms with Gasteiger partial charge in [-0.1, -0.05) is 12.1 Å². The molecule has 0 aliphatic heterocycles. The van der Waals surface area contributed by atoms with Crippen molar-refractivity contribution < 1.29 is 13.2 Å². The van der Waals surface area contributed by atoms with E-state index in [9.17, 15) is 13.2 Å². The molecule has 1 aromatic carbocycles. The van der Waals surface area contributed by atoms with E-state index in [4.69, 9.17) is 12.2 Å². The fourth-order valence-electron chi connectivity index (χ4n) is 1.41. The average molecular weight is 259 g/mol. The van der Waals surface area contributed by atoms with Crippen LogP contribution >= 0.6 is 12.2 Å². The molecule has 0 amide bonds. The van der Waals surface area contributed by atoms with E-state index in [2.05, 4.69) is 10.2 Å². The Labute approximate surface area is 99.9 Å². The number of aromatic nitrogens is 3. The number of hydrogen-bond donors (Lipinski definition) is 1. The Bertz CT molecular complexity index is 580. The summed E-state index contributed by atoms with van der Waals surface area (Å²) in [4.78, 5) is 0. The third-order valence-electron chi connectivity index (χ3n) is 2.35. The largest absolute Gasteiger partial charge is 0.416 e. The number of hydrogen-bond acceptors (Lipinski definition) is 2. The van der Waals surface area contributed by atoms with Gasteiger partial charge in [0, 0.05) is 12.6 Å². The summed E-state index contributed by atoms with van der Waals surface area (Å²) < 4.78 is 39.1. The molecule has 1 heterocycles. The molecule has 0 atom stereocenters. The number of nitrogens with zero attached hydrogens (tertiary/aromatic N) is 2. The van der Waals surface area contributed by atoms with Crippen LogP contribution < -0.4 is 0 Å². The van der Waals surface area contributed by atoms with Gasteiger partial charge >= 0.3 is 6.18 Å². The van der Waals surface area contributed by atoms with Crippen LogP contribution in [-0.2, 0) is 13.2 Å². The van der Waals surface area contributed by atoms with E-state index in [1.54, 1.807) is 11.6 Å². The van der Waals surface area contributed by atoms with Gasteiger partial charge in [0.15, 0.2) is 10.6 Å². The van der Waals surface area contributed by atoms with Gasteiger partial charge < -0.3 is 4.57 Å². The number of halogens is 3. The second kappa shape index (κ2) is 3.99. The quantitative estimate of drug-likeness (QED) is 0.798. The Morgan fingerprint density at radius 2 is 1.82 bits per heavy atom. The van der Waals surface area contributed by atoms with Crippen LogP contribution in [0.5, 0.6) is 0 Å². The molecule has 0 fully saturated rings. The second-order valence-corrected chi connectivity index (χ2v) is 3.87. The van der Waals surface area contributed by atoms with Gasteiger partial charge in [-0.25, -0.2) is 0 Å². The highest BCUT2D eigenvalue weighted by molar-refractivity contribution is 7.71. The minimum atomic E-state index is -4.32. The first-order valence-electron chi connectivity index (χ1n) is 4.68. The SMILES string of the molecule is Cn1c(-c2ccc(C(F)(F)F)cc2)n[nH]c1=S. The predicted molar refractivity (Wildman–Crippen MR) is 58.8 cm³/mol. The number of H-pyrrole nitrogens is 1. The molecule has 0 saturated carbocycles. The van der Waals surface area contributed by atoms with Crippen molar-refractivity contribution in [1.82, 2.24) is 14.8 Å². The van der Waals surface area contributed by atoms with Crippen LogP contribution in [0.3, 0.4) is 0 Å². The van der Waals surface area contributed by atoms with E-state index >= 15 is 0 Å². The van der Waals surface area contributed by atoms with Crippen LogP contribution in [0.15, 0.2) is 24.3 Å². The first-order chi connectivity index (χ1) is 7.89. The summed E-state index contributed by atoms with van der Waals surface area (Å²) in [5.74, 6) is 0.503. The summed E-state index contributed by atoms with van der Waals surface area (Å²) in [5, 5.41) is 6.52. The number of nitrogens with one attached hydrogen (secondary N) is 1. The van der Waals surface area contributed by atoms with E-state index < -0.39 is 11.7 Å². The van der Waals surface area contributed by atoms with Crippen LogP contribution in [0.4, 0.5) is 13.2 Å². The van der Waals surface area contributed by atoms with Gasteiger partial charge in [0.05, 0.1) is 5.56 Å². The highest BCUT2D eigenvalue weighted by atomic mass is 32.1. The molecule has 1 aromatic heterocycles. The van der Waals surface area contributed by atoms with Gasteiger partial charge in [0.1, 0.15) is 0 Å². The van der Waals surface area contributed by atoms with Crippen LogP contribution in [0.1, 0.15) is 5.56 Å². The minimum Gasteiger partial charge on any atom is -0.303 e. The monoisotopic (exact) mass is 259 g/mol. The predicted octanol–water partition coefficient (Wildman–Crippen LogP) is 3.16. The van der Waals surface area contributed by atoms with Gasteiger partial charge in [0.2, 0.25) is 0 Å². The van der Waals surface area contributed by atoms with Crippen LogP contribution in [0.25, 0.3) is 11.4 Å². The zero-order chi connectivity index (χ0) is 12.6. The van der Waals surface area contributed by atoms with Gasteiger partial charge in [0.25, 0.3) is 0 Å². The fraction of sp³-hybridized carbons (Fsp3) is 0.200. The molecule has 0 spiro atoms. The molecule has 0 saturated heterocycles. The smallest absolute Gasteiger partial charge is 0.303 e. The maximum Gasteiger partial charge on any atom is 0.416 e. The van der Waals surface area contributed by atoms with Crippen LogP contribution in [0, 0.1) is 4.77 Å². The molecule has 0 aliphatic carbocycles. The highest BCUT2D eigenvalue weighted by Gasteiger charge is 2.30. The summed E-state index contributed by atoms with van der Waals surface area (Å²) in [7, 11) is 1.69. The normalized spacial score (nSPS) is 11.8. The van der Waals surface area contributed by atoms with Gasteiger partial charge in [-0.2, -0.15) is 18.3 Å². The van der Waals surface area contributed by atoms with Gasteiger partial charge in [-0.05, 0) is 24.4 Å². The van der Waals surface area contributed by atoms with E-state index in [1.165, 1.54) is 12.1 Å². The summed E-state index contributed by atoms with van der Waals surface area (Å²) >= 11 is 4.92. The molecule has 0 aliphatic rings. The van der Waals surface area contributed by atoms with E-state index in [0.717, 1.165) is 12.1 Å². The minimum absolute atomic E-state index is 0.417. The lowest BCUT2D eigenvalue weighted by Gasteiger charge is -2.07. The Kier molecular flexibility index (Phi) is 2.78. The number of aromatic amines is 1. The molecule has 0 radical (unpaired) electrons. The molecular weight excluding hydrogens is 251 g/mol. The number of alkyl halides is 3. The second-order valence-electron chi connectivity index (χ2n) is 3.49. The molecule has 3 nitrogen and oxygen atoms in total. The van der Waals surface area contributed by atoms with E-state index in [-0.39, 0.29) is 0 Å². The van der Waals surface area contributed by atoms with Crippen molar-refractivity contribution in [1.29, 1.82) is 0 Å². The average Bonchev–Trinajstić information content (AvgIpc) is 2.59. The molecular formula is C10H8F3N3S. The van der Waals surface area contributed by atoms with Crippen molar-refractivity contribution in [3.63, 3.8) is 0 Å². The zero-order valence-corrected chi connectivity index (χ0v) is 9.56. The molecule has 2 rings (SSSR count). The highest BCUT2D eigenvalue weighted by Crippen LogP contribution is 2.30. The lowest BCUT2D eigenvalue weighted by atomic mass is 10.1. The first-order valence-corrected chi connectivity index (χ1v) is 5.09. The molecule has 0 bridgehead atoms. The molecule has 17 heavy (non-hydrogen) atoms. The lowest BCUT2D eigenvalue weighted by Crippen LogP contribution is -2.04. The molecule has 0 unspecified atom stereocenters. The number of rotatable bonds is 1. The first kappa shape index (κ1) is 11.8. The van der Waals surface area contributed by atoms with E-state index in [0.29, 0.717) is 16.2 Å². The van der Waals surface area contributed by atoms with Crippen molar-refractivity contribution in [2.24, 2.45) is 7.05 Å². The number of benzene rings is 1. The van der Waals surface area contributed by atoms with Crippen molar-refractivity contribution in [3.8, 4) is 11.4 Å². The van der Waals surface area contributed by atoms with Crippen molar-refractivity contribution in [2.75, 3.05) is 0 Å². The van der Waals surface area contributed by atoms with E-state index in [1.807, 2.05) is 0 Å². The van der Waals surface area contributed by atoms with Crippen molar-refractivity contribution in [3.05, 3.63) is 34.6 Å². The maximum atomic E-state index is 12.4. The summed E-state index contributed by atoms with van der Waals surface area (Å²) in [6.45, 7) is 0. The summed E-state index contributed by atoms with van der Waals surface area (Å²) in [6, 6.07) is 4.78. The lowest BCUT2D eigenvalue weighted by molar-refractivity contribution is -0.137. The fourth-order valence-corrected chi connectivity index (χ4v) is 1.55. The third kappa shape index (κ3) is 2.23. The summed E-state index contributed by atoms with van der Waals surface area (Å²) in [5.41, 5.74) is -0.106. The van der Waals surface area contributed by atoms with Crippen LogP contribution in [0.2, 0.25) is 0 Å². The Balaban J connectivity index is 2.43. The standard InChI is InChI=1S/C10H8F3N3S/c1-16-8(14-15-9(16)17)6-2-4-7(5-3-6)10(11,12)13/h2-5H,1H3,(H,15,17). The molecule has 1 N–H and O–H groups in total. The topological polar surface area (TPSA) is 33.6 Å². The van der Waals surface area contributed by atoms with Crippen molar-refractivity contribution in [2.45, 2.75) is 6.18 Å². The maximum absolute atomic E-state index is 12.4. The van der Waals surface area contributed by atoms with Gasteiger partial charge in [-0.3, -0.25) is 5.10 Å². The zero-order valence-electron chi connectivity index (χ0n) is 8.75. The third-order valence-corrected chi connectivity index (χ3v) is 2.72. The van der Waals surface area contributed by atoms with Crippen LogP contribution in [-0.4, -0.2) is 14.8 Å². The Morgan fingerprint density at radius 1 is 1.24 bits per heavy atom. The van der Waals surface area contributed by atoms with Gasteiger partial charge in [-0.15, -0.1) is 0 Å². The Morgan fingerprint density at radius 3 is 2.24 bits per heavy atom. The summed E-state index contributed by atoms with van der Waals surface area (Å²) in [6.07, 6.45) is -4.32. The molecule has 2 aromatic rings.